The zero-order valence-corrected chi connectivity index (χ0v) is 11.9. The lowest BCUT2D eigenvalue weighted by molar-refractivity contribution is 0.405. The van der Waals surface area contributed by atoms with Crippen LogP contribution < -0.4 is 10.6 Å². The van der Waals surface area contributed by atoms with Crippen LogP contribution in [0.3, 0.4) is 0 Å². The lowest BCUT2D eigenvalue weighted by atomic mass is 9.95. The summed E-state index contributed by atoms with van der Waals surface area (Å²) in [7, 11) is 0. The summed E-state index contributed by atoms with van der Waals surface area (Å²) in [5.74, 6) is 0.818. The molecule has 2 nitrogen and oxygen atoms in total. The standard InChI is InChI=1S/C15H23ClN2/c1-2-12-4-3-9-18(11-12)15-6-5-13(7-8-17)10-14(15)16/h5-6,10,12H,2-4,7-9,11,17H2,1H3. The average Bonchev–Trinajstić information content (AvgIpc) is 2.39. The Morgan fingerprint density at radius 1 is 1.44 bits per heavy atom. The summed E-state index contributed by atoms with van der Waals surface area (Å²) < 4.78 is 0. The van der Waals surface area contributed by atoms with Gasteiger partial charge < -0.3 is 10.6 Å². The van der Waals surface area contributed by atoms with Crippen molar-refractivity contribution in [1.29, 1.82) is 0 Å². The molecule has 1 aliphatic rings. The summed E-state index contributed by atoms with van der Waals surface area (Å²) in [6.07, 6.45) is 4.80. The maximum absolute atomic E-state index is 6.41. The molecule has 0 spiro atoms. The van der Waals surface area contributed by atoms with Gasteiger partial charge in [0.1, 0.15) is 0 Å². The minimum Gasteiger partial charge on any atom is -0.370 e. The van der Waals surface area contributed by atoms with E-state index in [-0.39, 0.29) is 0 Å². The molecule has 0 bridgehead atoms. The topological polar surface area (TPSA) is 29.3 Å². The van der Waals surface area contributed by atoms with E-state index in [2.05, 4.69) is 30.0 Å². The van der Waals surface area contributed by atoms with E-state index in [0.717, 1.165) is 30.5 Å². The Kier molecular flexibility index (Phi) is 4.90. The van der Waals surface area contributed by atoms with Gasteiger partial charge >= 0.3 is 0 Å². The van der Waals surface area contributed by atoms with Gasteiger partial charge in [0.2, 0.25) is 0 Å². The van der Waals surface area contributed by atoms with Gasteiger partial charge in [-0.2, -0.15) is 0 Å². The Labute approximate surface area is 115 Å². The second kappa shape index (κ2) is 6.44. The van der Waals surface area contributed by atoms with Gasteiger partial charge in [-0.15, -0.1) is 0 Å². The van der Waals surface area contributed by atoms with Gasteiger partial charge in [0.05, 0.1) is 10.7 Å². The zero-order valence-electron chi connectivity index (χ0n) is 11.2. The fourth-order valence-electron chi connectivity index (χ4n) is 2.75. The molecule has 0 radical (unpaired) electrons. The third-order valence-electron chi connectivity index (χ3n) is 3.88. The van der Waals surface area contributed by atoms with E-state index in [1.54, 1.807) is 0 Å². The van der Waals surface area contributed by atoms with Gasteiger partial charge in [-0.25, -0.2) is 0 Å². The second-order valence-corrected chi connectivity index (χ2v) is 5.59. The van der Waals surface area contributed by atoms with Crippen LogP contribution in [0.15, 0.2) is 18.2 Å². The lowest BCUT2D eigenvalue weighted by Crippen LogP contribution is -2.35. The predicted octanol–water partition coefficient (Wildman–Crippen LogP) is 3.47. The summed E-state index contributed by atoms with van der Waals surface area (Å²) in [4.78, 5) is 2.44. The van der Waals surface area contributed by atoms with Crippen molar-refractivity contribution < 1.29 is 0 Å². The molecular weight excluding hydrogens is 244 g/mol. The lowest BCUT2D eigenvalue weighted by Gasteiger charge is -2.34. The Morgan fingerprint density at radius 3 is 2.94 bits per heavy atom. The molecule has 0 aromatic heterocycles. The molecule has 18 heavy (non-hydrogen) atoms. The summed E-state index contributed by atoms with van der Waals surface area (Å²) in [6, 6.07) is 6.38. The van der Waals surface area contributed by atoms with Crippen LogP contribution in [0.5, 0.6) is 0 Å². The van der Waals surface area contributed by atoms with Crippen molar-refractivity contribution in [3.8, 4) is 0 Å². The van der Waals surface area contributed by atoms with E-state index in [1.807, 2.05) is 0 Å². The molecule has 1 aromatic rings. The molecule has 1 heterocycles. The molecule has 0 amide bonds. The Bertz CT molecular complexity index is 392. The van der Waals surface area contributed by atoms with E-state index in [4.69, 9.17) is 17.3 Å². The normalized spacial score (nSPS) is 20.2. The average molecular weight is 267 g/mol. The van der Waals surface area contributed by atoms with Crippen molar-refractivity contribution in [2.75, 3.05) is 24.5 Å². The van der Waals surface area contributed by atoms with Gasteiger partial charge in [-0.3, -0.25) is 0 Å². The van der Waals surface area contributed by atoms with Crippen molar-refractivity contribution in [2.45, 2.75) is 32.6 Å². The van der Waals surface area contributed by atoms with Crippen molar-refractivity contribution in [1.82, 2.24) is 0 Å². The zero-order chi connectivity index (χ0) is 13.0. The number of nitrogens with two attached hydrogens (primary N) is 1. The van der Waals surface area contributed by atoms with E-state index < -0.39 is 0 Å². The summed E-state index contributed by atoms with van der Waals surface area (Å²) in [6.45, 7) is 5.23. The number of piperidine rings is 1. The first-order chi connectivity index (χ1) is 8.74. The number of hydrogen-bond donors (Lipinski definition) is 1. The van der Waals surface area contributed by atoms with E-state index in [0.29, 0.717) is 6.54 Å². The van der Waals surface area contributed by atoms with E-state index >= 15 is 0 Å². The highest BCUT2D eigenvalue weighted by Crippen LogP contribution is 2.31. The van der Waals surface area contributed by atoms with Gasteiger partial charge in [-0.1, -0.05) is 31.0 Å². The van der Waals surface area contributed by atoms with Crippen LogP contribution in [0.25, 0.3) is 0 Å². The predicted molar refractivity (Wildman–Crippen MR) is 79.4 cm³/mol. The first-order valence-electron chi connectivity index (χ1n) is 6.98. The first-order valence-corrected chi connectivity index (χ1v) is 7.35. The van der Waals surface area contributed by atoms with Crippen LogP contribution in [0.1, 0.15) is 31.7 Å². The van der Waals surface area contributed by atoms with Gasteiger partial charge in [0.25, 0.3) is 0 Å². The molecule has 100 valence electrons. The van der Waals surface area contributed by atoms with Gasteiger partial charge in [0.15, 0.2) is 0 Å². The smallest absolute Gasteiger partial charge is 0.0642 e. The maximum atomic E-state index is 6.41. The van der Waals surface area contributed by atoms with E-state index in [1.165, 1.54) is 30.5 Å². The monoisotopic (exact) mass is 266 g/mol. The molecule has 1 atom stereocenters. The van der Waals surface area contributed by atoms with Crippen LogP contribution in [0.4, 0.5) is 5.69 Å². The highest BCUT2D eigenvalue weighted by molar-refractivity contribution is 6.33. The van der Waals surface area contributed by atoms with Crippen LogP contribution in [0.2, 0.25) is 5.02 Å². The van der Waals surface area contributed by atoms with E-state index in [9.17, 15) is 0 Å². The molecule has 1 saturated heterocycles. The summed E-state index contributed by atoms with van der Waals surface area (Å²) in [5.41, 5.74) is 8.00. The number of nitrogens with zero attached hydrogens (tertiary/aromatic N) is 1. The third-order valence-corrected chi connectivity index (χ3v) is 4.18. The minimum atomic E-state index is 0.678. The molecule has 1 aliphatic heterocycles. The molecule has 2 rings (SSSR count). The molecule has 1 unspecified atom stereocenters. The fourth-order valence-corrected chi connectivity index (χ4v) is 3.07. The third kappa shape index (κ3) is 3.18. The van der Waals surface area contributed by atoms with Crippen LogP contribution in [-0.4, -0.2) is 19.6 Å². The Hall–Kier alpha value is -0.730. The highest BCUT2D eigenvalue weighted by Gasteiger charge is 2.20. The van der Waals surface area contributed by atoms with Crippen LogP contribution in [-0.2, 0) is 6.42 Å². The van der Waals surface area contributed by atoms with Crippen LogP contribution >= 0.6 is 11.6 Å². The SMILES string of the molecule is CCC1CCCN(c2ccc(CCN)cc2Cl)C1. The van der Waals surface area contributed by atoms with Crippen molar-refractivity contribution in [3.63, 3.8) is 0 Å². The minimum absolute atomic E-state index is 0.678. The number of benzene rings is 1. The second-order valence-electron chi connectivity index (χ2n) is 5.19. The van der Waals surface area contributed by atoms with Crippen molar-refractivity contribution in [3.05, 3.63) is 28.8 Å². The number of halogens is 1. The van der Waals surface area contributed by atoms with Crippen molar-refractivity contribution in [2.24, 2.45) is 11.7 Å². The molecule has 2 N–H and O–H groups in total. The van der Waals surface area contributed by atoms with Crippen molar-refractivity contribution >= 4 is 17.3 Å². The molecular formula is C15H23ClN2. The Balaban J connectivity index is 2.12. The molecule has 0 aliphatic carbocycles. The maximum Gasteiger partial charge on any atom is 0.0642 e. The summed E-state index contributed by atoms with van der Waals surface area (Å²) >= 11 is 6.41. The highest BCUT2D eigenvalue weighted by atomic mass is 35.5. The molecule has 1 aromatic carbocycles. The molecule has 1 fully saturated rings. The quantitative estimate of drug-likeness (QED) is 0.904. The molecule has 3 heteroatoms. The van der Waals surface area contributed by atoms with Crippen LogP contribution in [0, 0.1) is 5.92 Å². The van der Waals surface area contributed by atoms with Gasteiger partial charge in [0, 0.05) is 13.1 Å². The van der Waals surface area contributed by atoms with Gasteiger partial charge in [-0.05, 0) is 49.4 Å². The summed E-state index contributed by atoms with van der Waals surface area (Å²) in [5, 5.41) is 0.873. The number of hydrogen-bond acceptors (Lipinski definition) is 2. The Morgan fingerprint density at radius 2 is 2.28 bits per heavy atom. The fraction of sp³-hybridized carbons (Fsp3) is 0.600. The number of rotatable bonds is 4. The first kappa shape index (κ1) is 13.7. The number of anilines is 1. The molecule has 0 saturated carbocycles. The largest absolute Gasteiger partial charge is 0.370 e.